The second kappa shape index (κ2) is 21.3. The largest absolute Gasteiger partial charge is 0.396 e. The second-order valence-corrected chi connectivity index (χ2v) is 19.0. The highest BCUT2D eigenvalue weighted by Crippen LogP contribution is 2.28. The number of hydroxylamine groups is 1. The van der Waals surface area contributed by atoms with Crippen molar-refractivity contribution >= 4 is 93.7 Å². The normalized spacial score (nSPS) is 13.4. The Balaban J connectivity index is 1.68. The Kier molecular flexibility index (Phi) is 17.0. The van der Waals surface area contributed by atoms with Crippen molar-refractivity contribution in [3.8, 4) is 0 Å². The molecular weight excluding hydrogens is 925 g/mol. The van der Waals surface area contributed by atoms with E-state index in [1.165, 1.54) is 36.2 Å². The maximum absolute atomic E-state index is 12.6. The first-order valence-electron chi connectivity index (χ1n) is 17.7. The molecule has 346 valence electrons. The average Bonchev–Trinajstić information content (AvgIpc) is 3.19. The maximum atomic E-state index is 12.6. The molecule has 2 atom stereocenters. The van der Waals surface area contributed by atoms with Crippen molar-refractivity contribution in [2.24, 2.45) is 0 Å². The van der Waals surface area contributed by atoms with Crippen LogP contribution in [0, 0.1) is 0 Å². The Hall–Kier alpha value is -5.36. The topological polar surface area (TPSA) is 439 Å². The van der Waals surface area contributed by atoms with Gasteiger partial charge >= 0.3 is 0 Å². The highest BCUT2D eigenvalue weighted by molar-refractivity contribution is 7.86. The zero-order valence-corrected chi connectivity index (χ0v) is 35.8. The number of rotatable bonds is 24. The van der Waals surface area contributed by atoms with Crippen molar-refractivity contribution < 1.29 is 72.4 Å². The van der Waals surface area contributed by atoms with Gasteiger partial charge in [-0.25, -0.2) is 5.48 Å². The molecule has 0 saturated carbocycles. The summed E-state index contributed by atoms with van der Waals surface area (Å²) in [4.78, 5) is 24.5. The van der Waals surface area contributed by atoms with Gasteiger partial charge in [0.1, 0.15) is 15.6 Å². The molecule has 2 unspecified atom stereocenters. The quantitative estimate of drug-likeness (QED) is 0.0219. The molecule has 28 nitrogen and oxygen atoms in total. The van der Waals surface area contributed by atoms with Gasteiger partial charge in [-0.1, -0.05) is 24.3 Å². The van der Waals surface area contributed by atoms with E-state index in [-0.39, 0.29) is 84.2 Å². The van der Waals surface area contributed by atoms with Crippen LogP contribution in [-0.2, 0) is 40.5 Å². The van der Waals surface area contributed by atoms with Gasteiger partial charge in [0.05, 0.1) is 36.7 Å². The highest BCUT2D eigenvalue weighted by Gasteiger charge is 2.21. The highest BCUT2D eigenvalue weighted by atomic mass is 32.2. The van der Waals surface area contributed by atoms with E-state index in [9.17, 15) is 58.2 Å². The molecular formula is C31H42N12O16S4. The minimum absolute atomic E-state index is 0.0379. The van der Waals surface area contributed by atoms with Gasteiger partial charge in [0.15, 0.2) is 0 Å². The number of benzene rings is 2. The first kappa shape index (κ1) is 50.3. The fourth-order valence-electron chi connectivity index (χ4n) is 5.03. The monoisotopic (exact) mass is 966 g/mol. The van der Waals surface area contributed by atoms with E-state index in [4.69, 9.17) is 14.2 Å². The van der Waals surface area contributed by atoms with Crippen LogP contribution in [0.4, 0.5) is 41.1 Å². The zero-order valence-electron chi connectivity index (χ0n) is 32.5. The van der Waals surface area contributed by atoms with Crippen LogP contribution in [0.3, 0.4) is 0 Å². The fourth-order valence-corrected chi connectivity index (χ4v) is 7.31. The standard InChI is InChI=1S/C31H42N12O16S4/c1-43(9-11-61(51,52)53)31-41-28(33-15-23(46)17-45)40-30(42-31)36-22-7-5-19(25(13-22)63(57,58)59)3-2-18-4-6-21(12-24(18)62(54,55)56)35-29-38-26(20(16-44)14-34-47)37-27(39-29)32-8-10-60(48,49)50/h2-7,12-13,20,23,34,44-47H,8-11,14-17H2,1H3,(H,48,49,50)(H,51,52,53)(H,54,55,56)(H,57,58,59)(H2,32,35,37,38,39)(H2,33,36,40,41,42). The predicted octanol–water partition coefficient (Wildman–Crippen LogP) is -1.35. The summed E-state index contributed by atoms with van der Waals surface area (Å²) in [6.45, 7) is -2.32. The van der Waals surface area contributed by atoms with E-state index in [1.54, 1.807) is 0 Å². The van der Waals surface area contributed by atoms with Crippen LogP contribution < -0.4 is 31.6 Å². The molecule has 2 heterocycles. The molecule has 4 aromatic rings. The van der Waals surface area contributed by atoms with Gasteiger partial charge in [0.25, 0.3) is 40.5 Å². The number of aromatic nitrogens is 6. The Labute approximate surface area is 359 Å². The third-order valence-corrected chi connectivity index (χ3v) is 11.4. The second-order valence-electron chi connectivity index (χ2n) is 13.0. The van der Waals surface area contributed by atoms with Gasteiger partial charge in [-0.15, -0.1) is 0 Å². The summed E-state index contributed by atoms with van der Waals surface area (Å²) >= 11 is 0. The van der Waals surface area contributed by atoms with E-state index in [2.05, 4.69) is 51.2 Å². The summed E-state index contributed by atoms with van der Waals surface area (Å²) in [5.41, 5.74) is 1.40. The van der Waals surface area contributed by atoms with Crippen LogP contribution in [0.5, 0.6) is 0 Å². The van der Waals surface area contributed by atoms with Gasteiger partial charge in [-0.05, 0) is 35.4 Å². The lowest BCUT2D eigenvalue weighted by Crippen LogP contribution is -2.28. The first-order chi connectivity index (χ1) is 29.4. The number of aliphatic hydroxyl groups excluding tert-OH is 3. The van der Waals surface area contributed by atoms with Crippen molar-refractivity contribution in [2.45, 2.75) is 21.8 Å². The number of hydrogen-bond donors (Lipinski definition) is 13. The Morgan fingerprint density at radius 3 is 1.62 bits per heavy atom. The Bertz CT molecular complexity index is 2730. The van der Waals surface area contributed by atoms with E-state index in [0.717, 1.165) is 24.3 Å². The molecule has 0 aliphatic carbocycles. The van der Waals surface area contributed by atoms with Crippen LogP contribution in [0.1, 0.15) is 22.9 Å². The molecule has 2 aromatic carbocycles. The molecule has 63 heavy (non-hydrogen) atoms. The molecule has 0 bridgehead atoms. The van der Waals surface area contributed by atoms with Crippen molar-refractivity contribution in [2.75, 3.05) is 84.1 Å². The van der Waals surface area contributed by atoms with E-state index >= 15 is 0 Å². The maximum Gasteiger partial charge on any atom is 0.295 e. The van der Waals surface area contributed by atoms with E-state index < -0.39 is 87.0 Å². The van der Waals surface area contributed by atoms with E-state index in [0.29, 0.717) is 0 Å². The van der Waals surface area contributed by atoms with Gasteiger partial charge < -0.3 is 46.7 Å². The first-order valence-corrected chi connectivity index (χ1v) is 23.8. The van der Waals surface area contributed by atoms with Gasteiger partial charge in [-0.2, -0.15) is 63.6 Å². The van der Waals surface area contributed by atoms with Crippen LogP contribution in [0.15, 0.2) is 46.2 Å². The molecule has 0 radical (unpaired) electrons. The average molecular weight is 967 g/mol. The van der Waals surface area contributed by atoms with Crippen LogP contribution in [0.25, 0.3) is 12.2 Å². The molecule has 0 amide bonds. The Morgan fingerprint density at radius 2 is 1.14 bits per heavy atom. The summed E-state index contributed by atoms with van der Waals surface area (Å²) in [6.07, 6.45) is 0.983. The van der Waals surface area contributed by atoms with Crippen LogP contribution in [-0.4, -0.2) is 166 Å². The lowest BCUT2D eigenvalue weighted by molar-refractivity contribution is 0.105. The predicted molar refractivity (Wildman–Crippen MR) is 223 cm³/mol. The molecule has 0 fully saturated rings. The summed E-state index contributed by atoms with van der Waals surface area (Å²) in [5, 5.41) is 48.5. The molecule has 4 rings (SSSR count). The van der Waals surface area contributed by atoms with Crippen molar-refractivity contribution in [3.05, 3.63) is 53.3 Å². The smallest absolute Gasteiger partial charge is 0.295 e. The van der Waals surface area contributed by atoms with E-state index in [1.807, 2.05) is 5.48 Å². The summed E-state index contributed by atoms with van der Waals surface area (Å²) in [6, 6.07) is 6.93. The SMILES string of the molecule is CN(CCS(=O)(=O)O)c1nc(NCC(O)CO)nc(Nc2ccc(C=Cc3ccc(Nc4nc(NCCS(=O)(=O)O)nc(C(CO)CNO)n4)cc3S(=O)(=O)O)c(S(=O)(=O)O)c2)n1. The number of hydrogen-bond acceptors (Lipinski definition) is 24. The van der Waals surface area contributed by atoms with Crippen molar-refractivity contribution in [1.82, 2.24) is 35.4 Å². The summed E-state index contributed by atoms with van der Waals surface area (Å²) in [7, 11) is -17.4. The Morgan fingerprint density at radius 1 is 0.651 bits per heavy atom. The molecule has 0 aliphatic rings. The minimum Gasteiger partial charge on any atom is -0.396 e. The van der Waals surface area contributed by atoms with Gasteiger partial charge in [-0.3, -0.25) is 18.2 Å². The van der Waals surface area contributed by atoms with Crippen molar-refractivity contribution in [1.29, 1.82) is 0 Å². The third-order valence-electron chi connectivity index (χ3n) is 8.11. The molecule has 32 heteroatoms. The number of nitrogens with zero attached hydrogens (tertiary/aromatic N) is 7. The molecule has 0 spiro atoms. The summed E-state index contributed by atoms with van der Waals surface area (Å²) < 4.78 is 134. The third kappa shape index (κ3) is 16.1. The number of anilines is 7. The molecule has 13 N–H and O–H groups in total. The van der Waals surface area contributed by atoms with Crippen LogP contribution >= 0.6 is 0 Å². The molecule has 2 aromatic heterocycles. The fraction of sp³-hybridized carbons (Fsp3) is 0.355. The van der Waals surface area contributed by atoms with Gasteiger partial charge in [0, 0.05) is 44.6 Å². The molecule has 0 saturated heterocycles. The lowest BCUT2D eigenvalue weighted by Gasteiger charge is -2.18. The molecule has 0 aliphatic heterocycles. The van der Waals surface area contributed by atoms with Gasteiger partial charge in [0.2, 0.25) is 29.7 Å². The number of aliphatic hydroxyl groups is 3. The van der Waals surface area contributed by atoms with Crippen LogP contribution in [0.2, 0.25) is 0 Å². The van der Waals surface area contributed by atoms with Crippen molar-refractivity contribution in [3.63, 3.8) is 0 Å². The number of nitrogens with one attached hydrogen (secondary N) is 5. The lowest BCUT2D eigenvalue weighted by atomic mass is 10.1. The minimum atomic E-state index is -5.01. The summed E-state index contributed by atoms with van der Waals surface area (Å²) in [5.74, 6) is -3.60. The zero-order chi connectivity index (χ0) is 46.8.